The predicted molar refractivity (Wildman–Crippen MR) is 75.2 cm³/mol. The van der Waals surface area contributed by atoms with Crippen LogP contribution in [0.4, 0.5) is 0 Å². The molecule has 1 N–H and O–H groups in total. The molecule has 2 rings (SSSR count). The van der Waals surface area contributed by atoms with E-state index in [1.165, 1.54) is 6.42 Å². The minimum Gasteiger partial charge on any atom is -0.508 e. The molecule has 0 aliphatic rings. The van der Waals surface area contributed by atoms with Crippen molar-refractivity contribution in [2.24, 2.45) is 5.92 Å². The summed E-state index contributed by atoms with van der Waals surface area (Å²) < 4.78 is 5.72. The molecular formula is C16H20O2. The van der Waals surface area contributed by atoms with Crippen LogP contribution in [0.1, 0.15) is 26.7 Å². The van der Waals surface area contributed by atoms with Gasteiger partial charge in [-0.1, -0.05) is 26.0 Å². The maximum absolute atomic E-state index is 9.46. The van der Waals surface area contributed by atoms with Gasteiger partial charge in [0.25, 0.3) is 0 Å². The number of aromatic hydroxyl groups is 1. The average molecular weight is 244 g/mol. The van der Waals surface area contributed by atoms with Crippen molar-refractivity contribution in [2.45, 2.75) is 26.7 Å². The number of hydrogen-bond acceptors (Lipinski definition) is 2. The molecule has 0 radical (unpaired) electrons. The number of phenolic OH excluding ortho intramolecular Hbond substituents is 1. The van der Waals surface area contributed by atoms with Crippen molar-refractivity contribution in [1.29, 1.82) is 0 Å². The molecule has 2 aromatic carbocycles. The van der Waals surface area contributed by atoms with Crippen LogP contribution in [0.2, 0.25) is 0 Å². The fraction of sp³-hybridized carbons (Fsp3) is 0.375. The van der Waals surface area contributed by atoms with Crippen LogP contribution in [-0.2, 0) is 0 Å². The van der Waals surface area contributed by atoms with E-state index in [4.69, 9.17) is 4.74 Å². The van der Waals surface area contributed by atoms with Crippen LogP contribution in [0.5, 0.6) is 11.5 Å². The van der Waals surface area contributed by atoms with Crippen LogP contribution in [0.15, 0.2) is 36.4 Å². The van der Waals surface area contributed by atoms with E-state index >= 15 is 0 Å². The highest BCUT2D eigenvalue weighted by Gasteiger charge is 2.00. The monoisotopic (exact) mass is 244 g/mol. The van der Waals surface area contributed by atoms with Gasteiger partial charge in [-0.2, -0.15) is 0 Å². The summed E-state index contributed by atoms with van der Waals surface area (Å²) >= 11 is 0. The largest absolute Gasteiger partial charge is 0.508 e. The van der Waals surface area contributed by atoms with Gasteiger partial charge in [-0.05, 0) is 53.8 Å². The second-order valence-corrected chi connectivity index (χ2v) is 5.08. The fourth-order valence-electron chi connectivity index (χ4n) is 1.98. The van der Waals surface area contributed by atoms with E-state index in [0.29, 0.717) is 5.75 Å². The van der Waals surface area contributed by atoms with Crippen molar-refractivity contribution in [3.63, 3.8) is 0 Å². The lowest BCUT2D eigenvalue weighted by atomic mass is 10.1. The van der Waals surface area contributed by atoms with Gasteiger partial charge in [0.1, 0.15) is 11.5 Å². The maximum atomic E-state index is 9.46. The Bertz CT molecular complexity index is 517. The molecule has 0 saturated carbocycles. The highest BCUT2D eigenvalue weighted by molar-refractivity contribution is 5.85. The first-order valence-electron chi connectivity index (χ1n) is 6.51. The molecule has 0 heterocycles. The van der Waals surface area contributed by atoms with Crippen molar-refractivity contribution < 1.29 is 9.84 Å². The molecule has 2 heteroatoms. The lowest BCUT2D eigenvalue weighted by Gasteiger charge is -2.08. The minimum absolute atomic E-state index is 0.291. The van der Waals surface area contributed by atoms with Gasteiger partial charge in [0.2, 0.25) is 0 Å². The SMILES string of the molecule is CC(C)CCCOc1ccc2ccc(O)cc2c1. The topological polar surface area (TPSA) is 29.5 Å². The van der Waals surface area contributed by atoms with Gasteiger partial charge in [0, 0.05) is 0 Å². The van der Waals surface area contributed by atoms with Crippen molar-refractivity contribution in [1.82, 2.24) is 0 Å². The van der Waals surface area contributed by atoms with E-state index in [1.807, 2.05) is 24.3 Å². The Labute approximate surface area is 108 Å². The summed E-state index contributed by atoms with van der Waals surface area (Å²) in [5.74, 6) is 1.89. The van der Waals surface area contributed by atoms with Crippen molar-refractivity contribution in [3.05, 3.63) is 36.4 Å². The Balaban J connectivity index is 2.01. The summed E-state index contributed by atoms with van der Waals surface area (Å²) in [6, 6.07) is 11.3. The molecule has 2 aromatic rings. The predicted octanol–water partition coefficient (Wildman–Crippen LogP) is 4.36. The number of rotatable bonds is 5. The van der Waals surface area contributed by atoms with Gasteiger partial charge in [0.05, 0.1) is 6.61 Å². The van der Waals surface area contributed by atoms with E-state index in [-0.39, 0.29) is 0 Å². The smallest absolute Gasteiger partial charge is 0.119 e. The molecule has 0 aliphatic heterocycles. The number of benzene rings is 2. The zero-order valence-electron chi connectivity index (χ0n) is 11.0. The molecule has 0 aromatic heterocycles. The van der Waals surface area contributed by atoms with Crippen LogP contribution in [0, 0.1) is 5.92 Å². The standard InChI is InChI=1S/C16H20O2/c1-12(2)4-3-9-18-16-8-6-13-5-7-15(17)10-14(13)11-16/h5-8,10-12,17H,3-4,9H2,1-2H3. The highest BCUT2D eigenvalue weighted by Crippen LogP contribution is 2.24. The summed E-state index contributed by atoms with van der Waals surface area (Å²) in [4.78, 5) is 0. The zero-order chi connectivity index (χ0) is 13.0. The molecule has 0 atom stereocenters. The summed E-state index contributed by atoms with van der Waals surface area (Å²) in [6.07, 6.45) is 2.27. The van der Waals surface area contributed by atoms with Gasteiger partial charge in [-0.25, -0.2) is 0 Å². The number of fused-ring (bicyclic) bond motifs is 1. The first kappa shape index (κ1) is 12.7. The Morgan fingerprint density at radius 2 is 1.83 bits per heavy atom. The van der Waals surface area contributed by atoms with Crippen LogP contribution in [-0.4, -0.2) is 11.7 Å². The number of phenols is 1. The molecule has 0 aliphatic carbocycles. The Morgan fingerprint density at radius 3 is 2.61 bits per heavy atom. The molecule has 0 spiro atoms. The van der Waals surface area contributed by atoms with E-state index in [1.54, 1.807) is 12.1 Å². The van der Waals surface area contributed by atoms with Crippen molar-refractivity contribution in [2.75, 3.05) is 6.61 Å². The Hall–Kier alpha value is -1.70. The first-order valence-corrected chi connectivity index (χ1v) is 6.51. The molecule has 2 nitrogen and oxygen atoms in total. The summed E-state index contributed by atoms with van der Waals surface area (Å²) in [7, 11) is 0. The van der Waals surface area contributed by atoms with Gasteiger partial charge in [-0.15, -0.1) is 0 Å². The normalized spacial score (nSPS) is 11.1. The third-order valence-electron chi connectivity index (χ3n) is 2.99. The summed E-state index contributed by atoms with van der Waals surface area (Å²) in [5, 5.41) is 11.6. The lowest BCUT2D eigenvalue weighted by Crippen LogP contribution is -1.99. The molecule has 18 heavy (non-hydrogen) atoms. The van der Waals surface area contributed by atoms with Crippen molar-refractivity contribution in [3.8, 4) is 11.5 Å². The zero-order valence-corrected chi connectivity index (χ0v) is 11.0. The number of hydrogen-bond donors (Lipinski definition) is 1. The number of ether oxygens (including phenoxy) is 1. The summed E-state index contributed by atoms with van der Waals surface area (Å²) in [5.41, 5.74) is 0. The molecular weight excluding hydrogens is 224 g/mol. The van der Waals surface area contributed by atoms with Crippen LogP contribution >= 0.6 is 0 Å². The van der Waals surface area contributed by atoms with Crippen molar-refractivity contribution >= 4 is 10.8 Å². The average Bonchev–Trinajstić information content (AvgIpc) is 2.34. The summed E-state index contributed by atoms with van der Waals surface area (Å²) in [6.45, 7) is 5.19. The van der Waals surface area contributed by atoms with E-state index in [9.17, 15) is 5.11 Å². The first-order chi connectivity index (χ1) is 8.65. The second-order valence-electron chi connectivity index (χ2n) is 5.08. The minimum atomic E-state index is 0.291. The van der Waals surface area contributed by atoms with Gasteiger partial charge >= 0.3 is 0 Å². The Morgan fingerprint density at radius 1 is 1.06 bits per heavy atom. The van der Waals surface area contributed by atoms with Crippen LogP contribution in [0.3, 0.4) is 0 Å². The van der Waals surface area contributed by atoms with Gasteiger partial charge in [-0.3, -0.25) is 0 Å². The molecule has 0 bridgehead atoms. The van der Waals surface area contributed by atoms with E-state index in [2.05, 4.69) is 13.8 Å². The van der Waals surface area contributed by atoms with Gasteiger partial charge < -0.3 is 9.84 Å². The van der Waals surface area contributed by atoms with Crippen LogP contribution in [0.25, 0.3) is 10.8 Å². The third-order valence-corrected chi connectivity index (χ3v) is 2.99. The highest BCUT2D eigenvalue weighted by atomic mass is 16.5. The molecule has 0 fully saturated rings. The molecule has 0 saturated heterocycles. The molecule has 0 amide bonds. The molecule has 96 valence electrons. The second kappa shape index (κ2) is 5.76. The quantitative estimate of drug-likeness (QED) is 0.792. The van der Waals surface area contributed by atoms with Gasteiger partial charge in [0.15, 0.2) is 0 Å². The Kier molecular flexibility index (Phi) is 4.08. The fourth-order valence-corrected chi connectivity index (χ4v) is 1.98. The van der Waals surface area contributed by atoms with Crippen LogP contribution < -0.4 is 4.74 Å². The third kappa shape index (κ3) is 3.39. The lowest BCUT2D eigenvalue weighted by molar-refractivity contribution is 0.298. The maximum Gasteiger partial charge on any atom is 0.119 e. The van der Waals surface area contributed by atoms with E-state index in [0.717, 1.165) is 35.5 Å². The van der Waals surface area contributed by atoms with E-state index < -0.39 is 0 Å². The molecule has 0 unspecified atom stereocenters.